The van der Waals surface area contributed by atoms with Crippen molar-refractivity contribution in [2.45, 2.75) is 16.6 Å². The van der Waals surface area contributed by atoms with Crippen LogP contribution in [0.4, 0.5) is 21.9 Å². The molecule has 9 heteroatoms. The molecule has 2 N–H and O–H groups in total. The van der Waals surface area contributed by atoms with Gasteiger partial charge < -0.3 is 15.4 Å². The number of carbonyl (C=O) groups excluding carboxylic acids is 4. The fourth-order valence-corrected chi connectivity index (χ4v) is 4.48. The summed E-state index contributed by atoms with van der Waals surface area (Å²) in [7, 11) is 1.29. The van der Waals surface area contributed by atoms with Crippen LogP contribution in [-0.2, 0) is 14.3 Å². The molecule has 1 saturated heterocycles. The van der Waals surface area contributed by atoms with E-state index in [1.54, 1.807) is 48.5 Å². The quantitative estimate of drug-likeness (QED) is 0.401. The van der Waals surface area contributed by atoms with Crippen LogP contribution in [0.3, 0.4) is 0 Å². The molecule has 8 nitrogen and oxygen atoms in total. The lowest BCUT2D eigenvalue weighted by Crippen LogP contribution is -2.31. The summed E-state index contributed by atoms with van der Waals surface area (Å²) < 4.78 is 4.67. The molecular formula is C25H21N3O5S. The van der Waals surface area contributed by atoms with Gasteiger partial charge in [-0.3, -0.25) is 9.59 Å². The van der Waals surface area contributed by atoms with E-state index in [0.717, 1.165) is 9.80 Å². The Morgan fingerprint density at radius 1 is 0.882 bits per heavy atom. The number of anilines is 3. The van der Waals surface area contributed by atoms with Crippen molar-refractivity contribution in [1.29, 1.82) is 0 Å². The monoisotopic (exact) mass is 475 g/mol. The SMILES string of the molecule is COC(=O)c1ccc(N2C(=O)C[C@H](Sc3ccc(NC(=O)Nc4ccccc4)cc3)C2=O)cc1. The van der Waals surface area contributed by atoms with Crippen LogP contribution in [0, 0.1) is 0 Å². The van der Waals surface area contributed by atoms with E-state index in [1.165, 1.54) is 31.0 Å². The Hall–Kier alpha value is -4.11. The minimum atomic E-state index is -0.562. The first-order valence-electron chi connectivity index (χ1n) is 10.4. The molecular weight excluding hydrogens is 454 g/mol. The van der Waals surface area contributed by atoms with Gasteiger partial charge in [0.1, 0.15) is 0 Å². The molecule has 1 aliphatic heterocycles. The van der Waals surface area contributed by atoms with Gasteiger partial charge >= 0.3 is 12.0 Å². The van der Waals surface area contributed by atoms with E-state index in [0.29, 0.717) is 22.6 Å². The van der Waals surface area contributed by atoms with E-state index in [2.05, 4.69) is 15.4 Å². The first kappa shape index (κ1) is 23.1. The number of para-hydroxylation sites is 1. The number of benzene rings is 3. The number of esters is 1. The van der Waals surface area contributed by atoms with Gasteiger partial charge in [0.2, 0.25) is 11.8 Å². The lowest BCUT2D eigenvalue weighted by molar-refractivity contribution is -0.121. The summed E-state index contributed by atoms with van der Waals surface area (Å²) in [5.74, 6) is -1.11. The van der Waals surface area contributed by atoms with E-state index in [1.807, 2.05) is 18.2 Å². The molecule has 172 valence electrons. The Morgan fingerprint density at radius 2 is 1.50 bits per heavy atom. The van der Waals surface area contributed by atoms with Gasteiger partial charge in [-0.05, 0) is 60.7 Å². The van der Waals surface area contributed by atoms with Gasteiger partial charge in [0.05, 0.1) is 23.6 Å². The number of carbonyl (C=O) groups is 4. The molecule has 0 unspecified atom stereocenters. The number of amides is 4. The van der Waals surface area contributed by atoms with Gasteiger partial charge in [-0.15, -0.1) is 11.8 Å². The van der Waals surface area contributed by atoms with Crippen LogP contribution in [0.25, 0.3) is 0 Å². The predicted molar refractivity (Wildman–Crippen MR) is 130 cm³/mol. The van der Waals surface area contributed by atoms with Crippen LogP contribution in [-0.4, -0.2) is 36.2 Å². The van der Waals surface area contributed by atoms with E-state index in [4.69, 9.17) is 0 Å². The van der Waals surface area contributed by atoms with E-state index >= 15 is 0 Å². The largest absolute Gasteiger partial charge is 0.465 e. The summed E-state index contributed by atoms with van der Waals surface area (Å²) in [4.78, 5) is 51.1. The fourth-order valence-electron chi connectivity index (χ4n) is 3.43. The number of nitrogens with one attached hydrogen (secondary N) is 2. The van der Waals surface area contributed by atoms with Gasteiger partial charge in [-0.1, -0.05) is 18.2 Å². The van der Waals surface area contributed by atoms with Gasteiger partial charge in [-0.2, -0.15) is 0 Å². The average molecular weight is 476 g/mol. The maximum Gasteiger partial charge on any atom is 0.337 e. The molecule has 4 rings (SSSR count). The lowest BCUT2D eigenvalue weighted by atomic mass is 10.2. The fraction of sp³-hybridized carbons (Fsp3) is 0.120. The number of hydrogen-bond acceptors (Lipinski definition) is 6. The van der Waals surface area contributed by atoms with Gasteiger partial charge in [0, 0.05) is 22.7 Å². The summed E-state index contributed by atoms with van der Waals surface area (Å²) in [6.07, 6.45) is 0.0712. The second-order valence-electron chi connectivity index (χ2n) is 7.39. The Labute approximate surface area is 200 Å². The van der Waals surface area contributed by atoms with E-state index in [-0.39, 0.29) is 24.3 Å². The van der Waals surface area contributed by atoms with Crippen molar-refractivity contribution in [3.63, 3.8) is 0 Å². The van der Waals surface area contributed by atoms with E-state index in [9.17, 15) is 19.2 Å². The number of urea groups is 1. The topological polar surface area (TPSA) is 105 Å². The van der Waals surface area contributed by atoms with Gasteiger partial charge in [0.15, 0.2) is 0 Å². The second-order valence-corrected chi connectivity index (χ2v) is 8.66. The summed E-state index contributed by atoms with van der Waals surface area (Å²) in [5.41, 5.74) is 2.03. The second kappa shape index (κ2) is 10.2. The minimum absolute atomic E-state index is 0.0712. The average Bonchev–Trinajstić information content (AvgIpc) is 3.13. The smallest absolute Gasteiger partial charge is 0.337 e. The third-order valence-electron chi connectivity index (χ3n) is 5.07. The highest BCUT2D eigenvalue weighted by atomic mass is 32.2. The van der Waals surface area contributed by atoms with Crippen molar-refractivity contribution < 1.29 is 23.9 Å². The van der Waals surface area contributed by atoms with Crippen molar-refractivity contribution in [2.75, 3.05) is 22.6 Å². The van der Waals surface area contributed by atoms with Crippen molar-refractivity contribution in [3.8, 4) is 0 Å². The molecule has 1 aliphatic rings. The number of thioether (sulfide) groups is 1. The third kappa shape index (κ3) is 5.26. The Kier molecular flexibility index (Phi) is 6.93. The molecule has 0 radical (unpaired) electrons. The highest BCUT2D eigenvalue weighted by molar-refractivity contribution is 8.00. The van der Waals surface area contributed by atoms with Crippen molar-refractivity contribution in [2.24, 2.45) is 0 Å². The van der Waals surface area contributed by atoms with Gasteiger partial charge in [0.25, 0.3) is 0 Å². The lowest BCUT2D eigenvalue weighted by Gasteiger charge is -2.15. The summed E-state index contributed by atoms with van der Waals surface area (Å²) in [6, 6.07) is 21.9. The predicted octanol–water partition coefficient (Wildman–Crippen LogP) is 4.54. The van der Waals surface area contributed by atoms with Crippen LogP contribution in [0.2, 0.25) is 0 Å². The molecule has 0 saturated carbocycles. The molecule has 0 aromatic heterocycles. The summed E-state index contributed by atoms with van der Waals surface area (Å²) in [6.45, 7) is 0. The molecule has 34 heavy (non-hydrogen) atoms. The van der Waals surface area contributed by atoms with Crippen molar-refractivity contribution in [3.05, 3.63) is 84.4 Å². The highest BCUT2D eigenvalue weighted by Crippen LogP contribution is 2.34. The van der Waals surface area contributed by atoms with Crippen molar-refractivity contribution in [1.82, 2.24) is 0 Å². The van der Waals surface area contributed by atoms with E-state index < -0.39 is 11.2 Å². The van der Waals surface area contributed by atoms with Crippen LogP contribution >= 0.6 is 11.8 Å². The standard InChI is InChI=1S/C25H21N3O5S/c1-33-24(31)16-7-11-19(12-8-16)28-22(29)15-21(23(28)30)34-20-13-9-18(10-14-20)27-25(32)26-17-5-3-2-4-6-17/h2-14,21H,15H2,1H3,(H2,26,27,32)/t21-/m0/s1. The highest BCUT2D eigenvalue weighted by Gasteiger charge is 2.40. The number of nitrogens with zero attached hydrogens (tertiary/aromatic N) is 1. The Morgan fingerprint density at radius 3 is 2.12 bits per heavy atom. The van der Waals surface area contributed by atoms with Crippen LogP contribution < -0.4 is 15.5 Å². The normalized spacial score (nSPS) is 15.2. The first-order valence-corrected chi connectivity index (χ1v) is 11.3. The number of methoxy groups -OCH3 is 1. The third-order valence-corrected chi connectivity index (χ3v) is 6.27. The molecule has 0 bridgehead atoms. The Balaban J connectivity index is 1.36. The maximum atomic E-state index is 12.9. The zero-order chi connectivity index (χ0) is 24.1. The van der Waals surface area contributed by atoms with Crippen LogP contribution in [0.5, 0.6) is 0 Å². The molecule has 1 fully saturated rings. The number of imide groups is 1. The summed E-state index contributed by atoms with van der Waals surface area (Å²) in [5, 5.41) is 4.93. The molecule has 0 spiro atoms. The number of hydrogen-bond donors (Lipinski definition) is 2. The molecule has 0 aliphatic carbocycles. The molecule has 3 aromatic rings. The number of ether oxygens (including phenoxy) is 1. The zero-order valence-electron chi connectivity index (χ0n) is 18.2. The Bertz CT molecular complexity index is 1210. The molecule has 4 amide bonds. The molecule has 1 heterocycles. The maximum absolute atomic E-state index is 12.9. The van der Waals surface area contributed by atoms with Crippen LogP contribution in [0.15, 0.2) is 83.8 Å². The van der Waals surface area contributed by atoms with Crippen LogP contribution in [0.1, 0.15) is 16.8 Å². The first-order chi connectivity index (χ1) is 16.4. The minimum Gasteiger partial charge on any atom is -0.465 e. The number of rotatable bonds is 6. The molecule has 3 aromatic carbocycles. The van der Waals surface area contributed by atoms with Gasteiger partial charge in [-0.25, -0.2) is 14.5 Å². The summed E-state index contributed by atoms with van der Waals surface area (Å²) >= 11 is 1.29. The molecule has 1 atom stereocenters. The zero-order valence-corrected chi connectivity index (χ0v) is 19.0. The van der Waals surface area contributed by atoms with Crippen molar-refractivity contribution >= 4 is 52.6 Å².